The normalized spacial score (nSPS) is 10.6. The molecule has 5 heteroatoms. The van der Waals surface area contributed by atoms with Crippen LogP contribution in [0.1, 0.15) is 13.8 Å². The largest absolute Gasteiger partial charge is 0.476 e. The third-order valence-electron chi connectivity index (χ3n) is 2.47. The summed E-state index contributed by atoms with van der Waals surface area (Å²) in [4.78, 5) is 4.31. The summed E-state index contributed by atoms with van der Waals surface area (Å²) in [7, 11) is 0. The summed E-state index contributed by atoms with van der Waals surface area (Å²) >= 11 is 2.22. The Balaban J connectivity index is 2.17. The first-order valence-electron chi connectivity index (χ1n) is 6.38. The topological polar surface area (TPSA) is 57.4 Å². The van der Waals surface area contributed by atoms with Gasteiger partial charge in [-0.1, -0.05) is 26.0 Å². The van der Waals surface area contributed by atoms with Crippen LogP contribution >= 0.6 is 22.6 Å². The smallest absolute Gasteiger partial charge is 0.240 e. The van der Waals surface area contributed by atoms with Crippen LogP contribution < -0.4 is 15.2 Å². The average Bonchev–Trinajstić information content (AvgIpc) is 2.42. The van der Waals surface area contributed by atoms with Crippen molar-refractivity contribution in [3.05, 3.63) is 40.0 Å². The van der Waals surface area contributed by atoms with Crippen molar-refractivity contribution in [2.45, 2.75) is 13.8 Å². The zero-order valence-corrected chi connectivity index (χ0v) is 13.6. The Morgan fingerprint density at radius 2 is 1.95 bits per heavy atom. The molecule has 0 fully saturated rings. The molecule has 0 saturated carbocycles. The van der Waals surface area contributed by atoms with E-state index in [2.05, 4.69) is 41.4 Å². The summed E-state index contributed by atoms with van der Waals surface area (Å²) in [5.41, 5.74) is 6.37. The van der Waals surface area contributed by atoms with Crippen molar-refractivity contribution in [2.75, 3.05) is 12.3 Å². The summed E-state index contributed by atoms with van der Waals surface area (Å²) in [5, 5.41) is 0. The van der Waals surface area contributed by atoms with Crippen molar-refractivity contribution < 1.29 is 9.47 Å². The molecule has 1 aromatic carbocycles. The third-order valence-corrected chi connectivity index (χ3v) is 3.36. The molecule has 0 radical (unpaired) electrons. The molecule has 4 nitrogen and oxygen atoms in total. The summed E-state index contributed by atoms with van der Waals surface area (Å²) in [6.45, 7) is 4.72. The van der Waals surface area contributed by atoms with Crippen molar-refractivity contribution in [1.29, 1.82) is 0 Å². The van der Waals surface area contributed by atoms with Gasteiger partial charge in [0.25, 0.3) is 0 Å². The lowest BCUT2D eigenvalue weighted by molar-refractivity contribution is 0.260. The van der Waals surface area contributed by atoms with Crippen LogP contribution in [0.5, 0.6) is 17.5 Å². The molecule has 0 aliphatic carbocycles. The molecule has 0 atom stereocenters. The summed E-state index contributed by atoms with van der Waals surface area (Å²) in [6, 6.07) is 11.2. The average molecular weight is 384 g/mol. The molecular formula is C15H17IN2O2. The second-order valence-corrected chi connectivity index (χ2v) is 5.94. The molecule has 0 aliphatic rings. The predicted octanol–water partition coefficient (Wildman–Crippen LogP) is 4.10. The van der Waals surface area contributed by atoms with Gasteiger partial charge in [-0.3, -0.25) is 0 Å². The van der Waals surface area contributed by atoms with Gasteiger partial charge in [-0.25, -0.2) is 0 Å². The van der Waals surface area contributed by atoms with Gasteiger partial charge in [0.05, 0.1) is 15.9 Å². The minimum absolute atomic E-state index is 0.413. The van der Waals surface area contributed by atoms with Gasteiger partial charge in [-0.2, -0.15) is 4.98 Å². The maximum absolute atomic E-state index is 5.85. The lowest BCUT2D eigenvalue weighted by Gasteiger charge is -2.12. The molecule has 2 rings (SSSR count). The molecule has 2 aromatic rings. The SMILES string of the molecule is CC(C)COc1nc(Oc2ccccc2I)ccc1N. The Hall–Kier alpha value is -1.50. The minimum atomic E-state index is 0.413. The number of nitrogen functional groups attached to an aromatic ring is 1. The van der Waals surface area contributed by atoms with Crippen LogP contribution in [0.4, 0.5) is 5.69 Å². The Kier molecular flexibility index (Phi) is 5.05. The van der Waals surface area contributed by atoms with E-state index in [4.69, 9.17) is 15.2 Å². The first-order chi connectivity index (χ1) is 9.56. The quantitative estimate of drug-likeness (QED) is 0.789. The Bertz CT molecular complexity index is 588. The van der Waals surface area contributed by atoms with Crippen LogP contribution in [0.2, 0.25) is 0 Å². The highest BCUT2D eigenvalue weighted by atomic mass is 127. The van der Waals surface area contributed by atoms with Crippen LogP contribution in [-0.4, -0.2) is 11.6 Å². The lowest BCUT2D eigenvalue weighted by atomic mass is 10.2. The monoisotopic (exact) mass is 384 g/mol. The fourth-order valence-electron chi connectivity index (χ4n) is 1.49. The third kappa shape index (κ3) is 4.00. The van der Waals surface area contributed by atoms with E-state index in [1.165, 1.54) is 0 Å². The zero-order chi connectivity index (χ0) is 14.5. The van der Waals surface area contributed by atoms with Crippen LogP contribution in [-0.2, 0) is 0 Å². The van der Waals surface area contributed by atoms with Crippen molar-refractivity contribution in [3.63, 3.8) is 0 Å². The molecule has 106 valence electrons. The predicted molar refractivity (Wildman–Crippen MR) is 88.2 cm³/mol. The van der Waals surface area contributed by atoms with Gasteiger partial charge < -0.3 is 15.2 Å². The van der Waals surface area contributed by atoms with Crippen molar-refractivity contribution in [3.8, 4) is 17.5 Å². The number of ether oxygens (including phenoxy) is 2. The number of nitrogens with two attached hydrogens (primary N) is 1. The van der Waals surface area contributed by atoms with Gasteiger partial charge in [0, 0.05) is 6.07 Å². The summed E-state index contributed by atoms with van der Waals surface area (Å²) in [5.74, 6) is 2.07. The van der Waals surface area contributed by atoms with Gasteiger partial charge >= 0.3 is 0 Å². The Labute approximate surface area is 132 Å². The first-order valence-corrected chi connectivity index (χ1v) is 7.46. The van der Waals surface area contributed by atoms with Gasteiger partial charge in [-0.05, 0) is 46.7 Å². The second kappa shape index (κ2) is 6.78. The van der Waals surface area contributed by atoms with Gasteiger partial charge in [0.15, 0.2) is 0 Å². The summed E-state index contributed by atoms with van der Waals surface area (Å²) in [6.07, 6.45) is 0. The number of para-hydroxylation sites is 1. The number of halogens is 1. The van der Waals surface area contributed by atoms with Gasteiger partial charge in [0.2, 0.25) is 11.8 Å². The Morgan fingerprint density at radius 1 is 1.20 bits per heavy atom. The zero-order valence-electron chi connectivity index (χ0n) is 11.5. The molecule has 0 spiro atoms. The van der Waals surface area contributed by atoms with Gasteiger partial charge in [-0.15, -0.1) is 0 Å². The van der Waals surface area contributed by atoms with E-state index >= 15 is 0 Å². The van der Waals surface area contributed by atoms with Crippen molar-refractivity contribution in [1.82, 2.24) is 4.98 Å². The van der Waals surface area contributed by atoms with E-state index < -0.39 is 0 Å². The standard InChI is InChI=1S/C15H17IN2O2/c1-10(2)9-19-15-12(17)7-8-14(18-15)20-13-6-4-3-5-11(13)16/h3-8,10H,9,17H2,1-2H3. The molecular weight excluding hydrogens is 367 g/mol. The number of nitrogens with zero attached hydrogens (tertiary/aromatic N) is 1. The fourth-order valence-corrected chi connectivity index (χ4v) is 1.99. The molecule has 2 N–H and O–H groups in total. The number of rotatable bonds is 5. The highest BCUT2D eigenvalue weighted by molar-refractivity contribution is 14.1. The minimum Gasteiger partial charge on any atom is -0.476 e. The molecule has 0 bridgehead atoms. The molecule has 1 heterocycles. The second-order valence-electron chi connectivity index (χ2n) is 4.78. The van der Waals surface area contributed by atoms with Crippen LogP contribution in [0, 0.1) is 9.49 Å². The maximum Gasteiger partial charge on any atom is 0.240 e. The van der Waals surface area contributed by atoms with Crippen LogP contribution in [0.25, 0.3) is 0 Å². The molecule has 20 heavy (non-hydrogen) atoms. The van der Waals surface area contributed by atoms with Gasteiger partial charge in [0.1, 0.15) is 5.75 Å². The summed E-state index contributed by atoms with van der Waals surface area (Å²) < 4.78 is 12.4. The lowest BCUT2D eigenvalue weighted by Crippen LogP contribution is -2.07. The molecule has 0 unspecified atom stereocenters. The molecule has 0 saturated heterocycles. The highest BCUT2D eigenvalue weighted by Gasteiger charge is 2.08. The van der Waals surface area contributed by atoms with E-state index in [1.807, 2.05) is 24.3 Å². The number of pyridine rings is 1. The van der Waals surface area contributed by atoms with E-state index in [0.717, 1.165) is 9.32 Å². The van der Waals surface area contributed by atoms with Crippen molar-refractivity contribution in [2.24, 2.45) is 5.92 Å². The van der Waals surface area contributed by atoms with E-state index in [9.17, 15) is 0 Å². The first kappa shape index (κ1) is 14.9. The Morgan fingerprint density at radius 3 is 2.65 bits per heavy atom. The maximum atomic E-state index is 5.85. The van der Waals surface area contributed by atoms with E-state index in [-0.39, 0.29) is 0 Å². The van der Waals surface area contributed by atoms with E-state index in [1.54, 1.807) is 12.1 Å². The highest BCUT2D eigenvalue weighted by Crippen LogP contribution is 2.28. The number of hydrogen-bond donors (Lipinski definition) is 1. The number of benzene rings is 1. The van der Waals surface area contributed by atoms with Crippen LogP contribution in [0.3, 0.4) is 0 Å². The molecule has 0 aliphatic heterocycles. The number of hydrogen-bond acceptors (Lipinski definition) is 4. The molecule has 1 aromatic heterocycles. The number of anilines is 1. The molecule has 0 amide bonds. The van der Waals surface area contributed by atoms with Crippen LogP contribution in [0.15, 0.2) is 36.4 Å². The van der Waals surface area contributed by atoms with Crippen molar-refractivity contribution >= 4 is 28.3 Å². The number of aromatic nitrogens is 1. The fraction of sp³-hybridized carbons (Fsp3) is 0.267. The van der Waals surface area contributed by atoms with E-state index in [0.29, 0.717) is 30.0 Å².